The minimum atomic E-state index is -0.00784. The van der Waals surface area contributed by atoms with Crippen LogP contribution in [-0.4, -0.2) is 54.3 Å². The van der Waals surface area contributed by atoms with Crippen LogP contribution in [0.4, 0.5) is 5.69 Å². The number of aryl methyl sites for hydroxylation is 2. The predicted octanol–water partition coefficient (Wildman–Crippen LogP) is 3.95. The van der Waals surface area contributed by atoms with Gasteiger partial charge in [0.25, 0.3) is 0 Å². The molecule has 2 aliphatic rings. The second-order valence-electron chi connectivity index (χ2n) is 8.30. The van der Waals surface area contributed by atoms with Crippen LogP contribution in [-0.2, 0) is 9.59 Å². The Morgan fingerprint density at radius 2 is 1.60 bits per heavy atom. The molecule has 4 rings (SSSR count). The number of carbonyl (C=O) groups excluding carboxylic acids is 2. The van der Waals surface area contributed by atoms with E-state index in [2.05, 4.69) is 42.3 Å². The van der Waals surface area contributed by atoms with Gasteiger partial charge in [-0.05, 0) is 74.2 Å². The number of amides is 2. The number of nitrogens with one attached hydrogen (secondary N) is 1. The van der Waals surface area contributed by atoms with Gasteiger partial charge in [-0.3, -0.25) is 14.5 Å². The highest BCUT2D eigenvalue weighted by Crippen LogP contribution is 2.31. The van der Waals surface area contributed by atoms with Crippen LogP contribution in [0.1, 0.15) is 24.0 Å². The molecule has 0 unspecified atom stereocenters. The van der Waals surface area contributed by atoms with Crippen molar-refractivity contribution in [1.82, 2.24) is 9.80 Å². The molecule has 6 heteroatoms. The normalized spacial score (nSPS) is 17.1. The van der Waals surface area contributed by atoms with Gasteiger partial charge < -0.3 is 10.2 Å². The Bertz CT molecular complexity index is 917. The first-order valence-electron chi connectivity index (χ1n) is 10.6. The molecule has 158 valence electrons. The molecule has 1 saturated carbocycles. The maximum Gasteiger partial charge on any atom is 0.238 e. The van der Waals surface area contributed by atoms with E-state index in [0.717, 1.165) is 49.6 Å². The van der Waals surface area contributed by atoms with E-state index >= 15 is 0 Å². The van der Waals surface area contributed by atoms with E-state index in [9.17, 15) is 9.59 Å². The lowest BCUT2D eigenvalue weighted by Gasteiger charge is -2.34. The second-order valence-corrected chi connectivity index (χ2v) is 9.44. The Hall–Kier alpha value is -2.31. The molecule has 2 aromatic rings. The van der Waals surface area contributed by atoms with Gasteiger partial charge in [-0.15, -0.1) is 0 Å². The molecule has 0 aromatic heterocycles. The number of nitrogens with zero attached hydrogens (tertiary/aromatic N) is 2. The molecule has 1 saturated heterocycles. The van der Waals surface area contributed by atoms with Crippen LogP contribution in [0.15, 0.2) is 52.3 Å². The van der Waals surface area contributed by atoms with Gasteiger partial charge in [0.2, 0.25) is 11.8 Å². The summed E-state index contributed by atoms with van der Waals surface area (Å²) in [6.45, 7) is 7.59. The zero-order valence-electron chi connectivity index (χ0n) is 17.7. The summed E-state index contributed by atoms with van der Waals surface area (Å²) in [5, 5.41) is 2.99. The largest absolute Gasteiger partial charge is 0.340 e. The van der Waals surface area contributed by atoms with Crippen molar-refractivity contribution in [1.29, 1.82) is 0 Å². The summed E-state index contributed by atoms with van der Waals surface area (Å²) in [4.78, 5) is 31.0. The summed E-state index contributed by atoms with van der Waals surface area (Å²) in [6, 6.07) is 14.5. The fourth-order valence-electron chi connectivity index (χ4n) is 3.64. The summed E-state index contributed by atoms with van der Waals surface area (Å²) in [7, 11) is 0. The molecule has 1 heterocycles. The van der Waals surface area contributed by atoms with Gasteiger partial charge >= 0.3 is 0 Å². The van der Waals surface area contributed by atoms with Crippen LogP contribution in [0, 0.1) is 19.8 Å². The molecule has 1 aliphatic heterocycles. The first kappa shape index (κ1) is 20.9. The number of piperazine rings is 1. The first-order valence-corrected chi connectivity index (χ1v) is 11.5. The number of carbonyl (C=O) groups is 2. The van der Waals surface area contributed by atoms with Crippen LogP contribution in [0.3, 0.4) is 0 Å². The Labute approximate surface area is 182 Å². The van der Waals surface area contributed by atoms with E-state index in [1.807, 2.05) is 29.2 Å². The summed E-state index contributed by atoms with van der Waals surface area (Å²) in [5.41, 5.74) is 3.40. The lowest BCUT2D eigenvalue weighted by atomic mass is 10.1. The molecule has 0 bridgehead atoms. The smallest absolute Gasteiger partial charge is 0.238 e. The molecule has 1 N–H and O–H groups in total. The molecular formula is C24H29N3O2S. The van der Waals surface area contributed by atoms with Crippen molar-refractivity contribution < 1.29 is 9.59 Å². The standard InChI is InChI=1S/C24H29N3O2S/c1-17-3-8-22(15-18(17)2)30-21-9-6-20(7-10-21)25-23(28)16-26-11-13-27(14-12-26)24(29)19-4-5-19/h3,6-10,15,19H,4-5,11-14,16H2,1-2H3,(H,25,28). The first-order chi connectivity index (χ1) is 14.5. The van der Waals surface area contributed by atoms with E-state index in [-0.39, 0.29) is 11.8 Å². The molecule has 2 amide bonds. The lowest BCUT2D eigenvalue weighted by Crippen LogP contribution is -2.50. The lowest BCUT2D eigenvalue weighted by molar-refractivity contribution is -0.134. The van der Waals surface area contributed by atoms with Crippen LogP contribution in [0.5, 0.6) is 0 Å². The van der Waals surface area contributed by atoms with Crippen molar-refractivity contribution in [2.24, 2.45) is 5.92 Å². The fraction of sp³-hybridized carbons (Fsp3) is 0.417. The van der Waals surface area contributed by atoms with Crippen LogP contribution in [0.2, 0.25) is 0 Å². The molecule has 0 radical (unpaired) electrons. The van der Waals surface area contributed by atoms with Crippen LogP contribution < -0.4 is 5.32 Å². The van der Waals surface area contributed by atoms with Crippen molar-refractivity contribution in [3.63, 3.8) is 0 Å². The third-order valence-corrected chi connectivity index (χ3v) is 6.83. The Balaban J connectivity index is 1.23. The Morgan fingerprint density at radius 1 is 0.933 bits per heavy atom. The zero-order valence-corrected chi connectivity index (χ0v) is 18.5. The van der Waals surface area contributed by atoms with E-state index in [1.54, 1.807) is 11.8 Å². The number of hydrogen-bond acceptors (Lipinski definition) is 4. The topological polar surface area (TPSA) is 52.7 Å². The van der Waals surface area contributed by atoms with Crippen molar-refractivity contribution in [3.8, 4) is 0 Å². The molecule has 0 atom stereocenters. The van der Waals surface area contributed by atoms with Crippen LogP contribution in [0.25, 0.3) is 0 Å². The van der Waals surface area contributed by atoms with E-state index < -0.39 is 0 Å². The van der Waals surface area contributed by atoms with E-state index in [4.69, 9.17) is 0 Å². The fourth-order valence-corrected chi connectivity index (χ4v) is 4.55. The summed E-state index contributed by atoms with van der Waals surface area (Å²) >= 11 is 1.72. The average Bonchev–Trinajstić information content (AvgIpc) is 3.58. The van der Waals surface area contributed by atoms with Crippen molar-refractivity contribution in [2.75, 3.05) is 38.0 Å². The molecule has 2 fully saturated rings. The number of benzene rings is 2. The molecule has 2 aromatic carbocycles. The predicted molar refractivity (Wildman–Crippen MR) is 121 cm³/mol. The summed E-state index contributed by atoms with van der Waals surface area (Å²) in [5.74, 6) is 0.570. The molecular weight excluding hydrogens is 394 g/mol. The van der Waals surface area contributed by atoms with Gasteiger partial charge in [0, 0.05) is 47.6 Å². The monoisotopic (exact) mass is 423 g/mol. The van der Waals surface area contributed by atoms with Gasteiger partial charge in [0.15, 0.2) is 0 Å². The Kier molecular flexibility index (Phi) is 6.44. The van der Waals surface area contributed by atoms with Gasteiger partial charge in [-0.1, -0.05) is 17.8 Å². The van der Waals surface area contributed by atoms with E-state index in [0.29, 0.717) is 12.5 Å². The maximum atomic E-state index is 12.4. The van der Waals surface area contributed by atoms with Gasteiger partial charge in [-0.25, -0.2) is 0 Å². The maximum absolute atomic E-state index is 12.4. The number of anilines is 1. The van der Waals surface area contributed by atoms with Crippen molar-refractivity contribution in [3.05, 3.63) is 53.6 Å². The van der Waals surface area contributed by atoms with Crippen LogP contribution >= 0.6 is 11.8 Å². The average molecular weight is 424 g/mol. The third-order valence-electron chi connectivity index (χ3n) is 5.83. The highest BCUT2D eigenvalue weighted by molar-refractivity contribution is 7.99. The third kappa shape index (κ3) is 5.43. The highest BCUT2D eigenvalue weighted by atomic mass is 32.2. The molecule has 30 heavy (non-hydrogen) atoms. The van der Waals surface area contributed by atoms with Crippen molar-refractivity contribution in [2.45, 2.75) is 36.5 Å². The van der Waals surface area contributed by atoms with Gasteiger partial charge in [-0.2, -0.15) is 0 Å². The molecule has 0 spiro atoms. The SMILES string of the molecule is Cc1ccc(Sc2ccc(NC(=O)CN3CCN(C(=O)C4CC4)CC3)cc2)cc1C. The quantitative estimate of drug-likeness (QED) is 0.765. The number of rotatable bonds is 6. The Morgan fingerprint density at radius 3 is 2.23 bits per heavy atom. The summed E-state index contributed by atoms with van der Waals surface area (Å²) in [6.07, 6.45) is 2.09. The minimum absolute atomic E-state index is 0.00784. The van der Waals surface area contributed by atoms with E-state index in [1.165, 1.54) is 16.0 Å². The molecule has 1 aliphatic carbocycles. The molecule has 5 nitrogen and oxygen atoms in total. The minimum Gasteiger partial charge on any atom is -0.340 e. The number of hydrogen-bond donors (Lipinski definition) is 1. The van der Waals surface area contributed by atoms with Gasteiger partial charge in [0.1, 0.15) is 0 Å². The zero-order chi connectivity index (χ0) is 21.1. The second kappa shape index (κ2) is 9.23. The highest BCUT2D eigenvalue weighted by Gasteiger charge is 2.34. The van der Waals surface area contributed by atoms with Crippen molar-refractivity contribution >= 4 is 29.3 Å². The van der Waals surface area contributed by atoms with Gasteiger partial charge in [0.05, 0.1) is 6.54 Å². The summed E-state index contributed by atoms with van der Waals surface area (Å²) < 4.78 is 0.